The highest BCUT2D eigenvalue weighted by Gasteiger charge is 2.24. The molecule has 0 saturated carbocycles. The van der Waals surface area contributed by atoms with E-state index in [1.807, 2.05) is 61.2 Å². The Kier molecular flexibility index (Phi) is 10.0. The third kappa shape index (κ3) is 8.46. The molecule has 37 heavy (non-hydrogen) atoms. The number of nitrogens with one attached hydrogen (secondary N) is 1. The lowest BCUT2D eigenvalue weighted by Gasteiger charge is -2.18. The van der Waals surface area contributed by atoms with Crippen LogP contribution in [0.4, 0.5) is 5.69 Å². The van der Waals surface area contributed by atoms with Gasteiger partial charge in [-0.3, -0.25) is 9.52 Å². The molecule has 0 fully saturated rings. The Morgan fingerprint density at radius 1 is 1.22 bits per heavy atom. The minimum atomic E-state index is -3.62. The summed E-state index contributed by atoms with van der Waals surface area (Å²) in [6, 6.07) is 13.3. The Labute approximate surface area is 223 Å². The molecule has 1 amide bonds. The number of ether oxygens (including phenoxy) is 1. The number of hydrogen-bond donors (Lipinski definition) is 3. The first-order chi connectivity index (χ1) is 17.4. The van der Waals surface area contributed by atoms with Gasteiger partial charge >= 0.3 is 0 Å². The van der Waals surface area contributed by atoms with Crippen LogP contribution in [0.1, 0.15) is 55.5 Å². The first-order valence-corrected chi connectivity index (χ1v) is 14.6. The van der Waals surface area contributed by atoms with Gasteiger partial charge in [0.1, 0.15) is 0 Å². The molecular formula is C27H36ClN3O5S. The van der Waals surface area contributed by atoms with Crippen molar-refractivity contribution in [2.45, 2.75) is 51.7 Å². The number of nitrogen functional groups attached to an aromatic ring is 1. The number of amides is 1. The summed E-state index contributed by atoms with van der Waals surface area (Å²) in [7, 11) is -1.64. The second-order valence-electron chi connectivity index (χ2n) is 9.69. The fourth-order valence-corrected chi connectivity index (χ4v) is 5.39. The summed E-state index contributed by atoms with van der Waals surface area (Å²) in [4.78, 5) is 12.0. The molecule has 8 nitrogen and oxygen atoms in total. The number of fused-ring (bicyclic) bond motifs is 1. The average Bonchev–Trinajstić information content (AvgIpc) is 3.05. The summed E-state index contributed by atoms with van der Waals surface area (Å²) in [6.07, 6.45) is 2.86. The first-order valence-electron chi connectivity index (χ1n) is 12.3. The molecule has 0 aliphatic rings. The number of nitrogens with two attached hydrogens (primary N) is 1. The number of nitrogens with zero attached hydrogens (tertiary/aromatic N) is 1. The fraction of sp³-hybridized carbons (Fsp3) is 0.444. The molecule has 0 aliphatic heterocycles. The number of benzene rings is 2. The molecule has 2 aromatic carbocycles. The molecule has 1 heterocycles. The van der Waals surface area contributed by atoms with E-state index in [0.29, 0.717) is 30.3 Å². The molecule has 0 spiro atoms. The van der Waals surface area contributed by atoms with Gasteiger partial charge in [-0.25, -0.2) is 8.42 Å². The topological polar surface area (TPSA) is 124 Å². The number of rotatable bonds is 13. The molecule has 4 N–H and O–H groups in total. The molecule has 2 unspecified atom stereocenters. The number of hydrogen-bond acceptors (Lipinski definition) is 6. The zero-order valence-corrected chi connectivity index (χ0v) is 23.1. The van der Waals surface area contributed by atoms with Gasteiger partial charge in [0.05, 0.1) is 19.0 Å². The lowest BCUT2D eigenvalue weighted by Crippen LogP contribution is -2.30. The van der Waals surface area contributed by atoms with Gasteiger partial charge in [0.15, 0.2) is 0 Å². The lowest BCUT2D eigenvalue weighted by atomic mass is 9.93. The molecule has 2 atom stereocenters. The smallest absolute Gasteiger partial charge is 0.233 e. The van der Waals surface area contributed by atoms with E-state index < -0.39 is 22.0 Å². The maximum Gasteiger partial charge on any atom is 0.233 e. The predicted molar refractivity (Wildman–Crippen MR) is 148 cm³/mol. The van der Waals surface area contributed by atoms with E-state index in [9.17, 15) is 18.3 Å². The third-order valence-corrected chi connectivity index (χ3v) is 7.12. The van der Waals surface area contributed by atoms with Crippen molar-refractivity contribution in [1.82, 2.24) is 9.29 Å². The van der Waals surface area contributed by atoms with Crippen LogP contribution in [0.25, 0.3) is 10.9 Å². The van der Waals surface area contributed by atoms with Crippen LogP contribution in [0.3, 0.4) is 0 Å². The standard InChI is InChI=1S/C27H36ClN3O5S/c1-18(14-26(33)30-37(3,34)35)13-25(32)27-22-16-21(29)10-11-23(22)31(2)24(27)9-4-5-12-36-17-19-7-6-8-20(28)15-19/h6-8,10-11,15-16,18,25,32H,4-5,9,12-14,17,29H2,1-3H3,(H,30,33). The van der Waals surface area contributed by atoms with Crippen molar-refractivity contribution in [3.8, 4) is 0 Å². The summed E-state index contributed by atoms with van der Waals surface area (Å²) >= 11 is 6.02. The Morgan fingerprint density at radius 2 is 1.97 bits per heavy atom. The quantitative estimate of drug-likeness (QED) is 0.213. The summed E-state index contributed by atoms with van der Waals surface area (Å²) in [5.41, 5.74) is 10.5. The maximum absolute atomic E-state index is 12.0. The maximum atomic E-state index is 12.0. The van der Waals surface area contributed by atoms with Crippen molar-refractivity contribution in [3.63, 3.8) is 0 Å². The minimum Gasteiger partial charge on any atom is -0.399 e. The van der Waals surface area contributed by atoms with Crippen LogP contribution in [0.5, 0.6) is 0 Å². The summed E-state index contributed by atoms with van der Waals surface area (Å²) < 4.78 is 32.5. The van der Waals surface area contributed by atoms with Crippen LogP contribution in [-0.2, 0) is 39.6 Å². The van der Waals surface area contributed by atoms with Gasteiger partial charge in [-0.05, 0) is 67.5 Å². The van der Waals surface area contributed by atoms with Crippen LogP contribution in [-0.4, -0.2) is 36.9 Å². The van der Waals surface area contributed by atoms with Gasteiger partial charge in [-0.15, -0.1) is 0 Å². The second-order valence-corrected chi connectivity index (χ2v) is 11.9. The molecular weight excluding hydrogens is 514 g/mol. The van der Waals surface area contributed by atoms with Crippen molar-refractivity contribution >= 4 is 44.1 Å². The van der Waals surface area contributed by atoms with E-state index >= 15 is 0 Å². The number of carbonyl (C=O) groups excluding carboxylic acids is 1. The first kappa shape index (κ1) is 29.0. The van der Waals surface area contributed by atoms with Crippen molar-refractivity contribution in [2.75, 3.05) is 18.6 Å². The lowest BCUT2D eigenvalue weighted by molar-refractivity contribution is -0.120. The minimum absolute atomic E-state index is 0.00364. The van der Waals surface area contributed by atoms with E-state index in [4.69, 9.17) is 22.1 Å². The monoisotopic (exact) mass is 549 g/mol. The molecule has 0 radical (unpaired) electrons. The van der Waals surface area contributed by atoms with Crippen LogP contribution in [0, 0.1) is 5.92 Å². The Morgan fingerprint density at radius 3 is 2.68 bits per heavy atom. The Hall–Kier alpha value is -2.59. The van der Waals surface area contributed by atoms with Crippen molar-refractivity contribution in [3.05, 3.63) is 64.3 Å². The zero-order chi connectivity index (χ0) is 27.2. The van der Waals surface area contributed by atoms with E-state index in [-0.39, 0.29) is 12.3 Å². The van der Waals surface area contributed by atoms with E-state index in [2.05, 4.69) is 4.57 Å². The number of unbranched alkanes of at least 4 members (excludes halogenated alkanes) is 1. The number of aliphatic hydroxyl groups excluding tert-OH is 1. The second kappa shape index (κ2) is 12.8. The SMILES string of the molecule is CC(CC(=O)NS(C)(=O)=O)CC(O)c1c(CCCCOCc2cccc(Cl)c2)n(C)c2ccc(N)cc12. The molecule has 202 valence electrons. The normalized spacial score (nSPS) is 13.5. The van der Waals surface area contributed by atoms with Gasteiger partial charge in [-0.1, -0.05) is 30.7 Å². The number of aliphatic hydroxyl groups is 1. The van der Waals surface area contributed by atoms with Crippen LogP contribution in [0.15, 0.2) is 42.5 Å². The number of halogens is 1. The van der Waals surface area contributed by atoms with E-state index in [1.165, 1.54) is 0 Å². The number of aryl methyl sites for hydroxylation is 1. The Bertz CT molecular complexity index is 1340. The fourth-order valence-electron chi connectivity index (χ4n) is 4.68. The molecule has 0 bridgehead atoms. The summed E-state index contributed by atoms with van der Waals surface area (Å²) in [6.45, 7) is 2.93. The third-order valence-electron chi connectivity index (χ3n) is 6.29. The number of aromatic nitrogens is 1. The summed E-state index contributed by atoms with van der Waals surface area (Å²) in [5, 5.41) is 12.8. The molecule has 3 rings (SSSR count). The molecule has 0 saturated heterocycles. The molecule has 0 aliphatic carbocycles. The predicted octanol–water partition coefficient (Wildman–Crippen LogP) is 4.48. The van der Waals surface area contributed by atoms with Crippen molar-refractivity contribution in [2.24, 2.45) is 13.0 Å². The molecule has 10 heteroatoms. The number of carbonyl (C=O) groups is 1. The molecule has 3 aromatic rings. The van der Waals surface area contributed by atoms with Gasteiger partial charge in [-0.2, -0.15) is 0 Å². The van der Waals surface area contributed by atoms with Gasteiger partial charge in [0.25, 0.3) is 0 Å². The van der Waals surface area contributed by atoms with Crippen LogP contribution in [0.2, 0.25) is 5.02 Å². The van der Waals surface area contributed by atoms with Gasteiger partial charge in [0.2, 0.25) is 15.9 Å². The number of anilines is 1. The van der Waals surface area contributed by atoms with Crippen molar-refractivity contribution < 1.29 is 23.1 Å². The highest BCUT2D eigenvalue weighted by Crippen LogP contribution is 2.36. The number of sulfonamides is 1. The van der Waals surface area contributed by atoms with E-state index in [1.54, 1.807) is 0 Å². The largest absolute Gasteiger partial charge is 0.399 e. The highest BCUT2D eigenvalue weighted by molar-refractivity contribution is 7.89. The zero-order valence-electron chi connectivity index (χ0n) is 21.5. The van der Waals surface area contributed by atoms with Crippen LogP contribution >= 0.6 is 11.6 Å². The average molecular weight is 550 g/mol. The summed E-state index contributed by atoms with van der Waals surface area (Å²) in [5.74, 6) is -0.817. The highest BCUT2D eigenvalue weighted by atomic mass is 35.5. The Balaban J connectivity index is 1.67. The molecule has 1 aromatic heterocycles. The van der Waals surface area contributed by atoms with Gasteiger partial charge < -0.3 is 20.1 Å². The van der Waals surface area contributed by atoms with Gasteiger partial charge in [0, 0.05) is 52.9 Å². The van der Waals surface area contributed by atoms with Crippen LogP contribution < -0.4 is 10.5 Å². The van der Waals surface area contributed by atoms with Crippen molar-refractivity contribution in [1.29, 1.82) is 0 Å². The van der Waals surface area contributed by atoms with E-state index in [0.717, 1.165) is 53.2 Å².